The third-order valence-electron chi connectivity index (χ3n) is 2.75. The number of aryl methyl sites for hydroxylation is 1. The fraction of sp³-hybridized carbons (Fsp3) is 0.267. The molecule has 0 bridgehead atoms. The largest absolute Gasteiger partial charge is 0.487 e. The van der Waals surface area contributed by atoms with Gasteiger partial charge < -0.3 is 10.1 Å². The number of benzene rings is 1. The van der Waals surface area contributed by atoms with Crippen LogP contribution < -0.4 is 10.1 Å². The summed E-state index contributed by atoms with van der Waals surface area (Å²) >= 11 is 0. The van der Waals surface area contributed by atoms with Gasteiger partial charge in [-0.3, -0.25) is 4.98 Å². The number of rotatable bonds is 5. The van der Waals surface area contributed by atoms with Crippen molar-refractivity contribution < 1.29 is 9.13 Å². The second kappa shape index (κ2) is 6.29. The van der Waals surface area contributed by atoms with Gasteiger partial charge in [0.25, 0.3) is 0 Å². The van der Waals surface area contributed by atoms with Crippen LogP contribution in [0.2, 0.25) is 0 Å². The standard InChI is InChI=1S/C15H17FN2O/c1-11-6-7-12(16)8-15(11)19-10-14-5-3-4-13(18-14)9-17-2/h3-8,17H,9-10H2,1-2H3. The summed E-state index contributed by atoms with van der Waals surface area (Å²) in [7, 11) is 1.88. The molecule has 3 nitrogen and oxygen atoms in total. The zero-order valence-corrected chi connectivity index (χ0v) is 11.1. The van der Waals surface area contributed by atoms with Gasteiger partial charge in [-0.25, -0.2) is 4.39 Å². The SMILES string of the molecule is CNCc1cccc(COc2cc(F)ccc2C)n1. The van der Waals surface area contributed by atoms with Crippen LogP contribution >= 0.6 is 0 Å². The van der Waals surface area contributed by atoms with Crippen molar-refractivity contribution in [2.24, 2.45) is 0 Å². The first kappa shape index (κ1) is 13.5. The van der Waals surface area contributed by atoms with Crippen molar-refractivity contribution in [2.45, 2.75) is 20.1 Å². The Morgan fingerprint density at radius 1 is 1.21 bits per heavy atom. The molecule has 0 fully saturated rings. The maximum atomic E-state index is 13.1. The Bertz CT molecular complexity index is 558. The summed E-state index contributed by atoms with van der Waals surface area (Å²) in [6.45, 7) is 2.94. The molecule has 0 unspecified atom stereocenters. The van der Waals surface area contributed by atoms with Gasteiger partial charge in [0.1, 0.15) is 18.2 Å². The average molecular weight is 260 g/mol. The summed E-state index contributed by atoms with van der Waals surface area (Å²) in [5.41, 5.74) is 2.70. The van der Waals surface area contributed by atoms with Crippen molar-refractivity contribution >= 4 is 0 Å². The molecule has 0 atom stereocenters. The summed E-state index contributed by atoms with van der Waals surface area (Å²) in [5.74, 6) is 0.262. The van der Waals surface area contributed by atoms with E-state index in [-0.39, 0.29) is 5.82 Å². The van der Waals surface area contributed by atoms with Gasteiger partial charge in [0, 0.05) is 12.6 Å². The lowest BCUT2D eigenvalue weighted by molar-refractivity contribution is 0.297. The molecule has 0 saturated carbocycles. The molecule has 100 valence electrons. The van der Waals surface area contributed by atoms with Crippen molar-refractivity contribution in [3.8, 4) is 5.75 Å². The van der Waals surface area contributed by atoms with Crippen molar-refractivity contribution in [3.63, 3.8) is 0 Å². The fourth-order valence-corrected chi connectivity index (χ4v) is 1.77. The number of nitrogens with zero attached hydrogens (tertiary/aromatic N) is 1. The minimum atomic E-state index is -0.294. The molecule has 0 radical (unpaired) electrons. The molecule has 1 aromatic carbocycles. The Morgan fingerprint density at radius 2 is 2.00 bits per heavy atom. The highest BCUT2D eigenvalue weighted by atomic mass is 19.1. The van der Waals surface area contributed by atoms with Gasteiger partial charge in [-0.15, -0.1) is 0 Å². The molecule has 1 aromatic heterocycles. The number of hydrogen-bond acceptors (Lipinski definition) is 3. The summed E-state index contributed by atoms with van der Waals surface area (Å²) in [5, 5.41) is 3.05. The third kappa shape index (κ3) is 3.76. The number of nitrogens with one attached hydrogen (secondary N) is 1. The third-order valence-corrected chi connectivity index (χ3v) is 2.75. The molecule has 1 heterocycles. The number of pyridine rings is 1. The van der Waals surface area contributed by atoms with Gasteiger partial charge in [-0.2, -0.15) is 0 Å². The van der Waals surface area contributed by atoms with Gasteiger partial charge in [-0.05, 0) is 37.7 Å². The van der Waals surface area contributed by atoms with E-state index in [9.17, 15) is 4.39 Å². The predicted molar refractivity (Wildman–Crippen MR) is 72.5 cm³/mol. The molecule has 1 N–H and O–H groups in total. The summed E-state index contributed by atoms with van der Waals surface area (Å²) < 4.78 is 18.7. The summed E-state index contributed by atoms with van der Waals surface area (Å²) in [4.78, 5) is 4.45. The minimum Gasteiger partial charge on any atom is -0.487 e. The van der Waals surface area contributed by atoms with Gasteiger partial charge in [0.15, 0.2) is 0 Å². The molecule has 4 heteroatoms. The maximum absolute atomic E-state index is 13.1. The first-order valence-electron chi connectivity index (χ1n) is 6.17. The number of aromatic nitrogens is 1. The van der Waals surface area contributed by atoms with Crippen molar-refractivity contribution in [1.82, 2.24) is 10.3 Å². The lowest BCUT2D eigenvalue weighted by Crippen LogP contribution is -2.08. The first-order valence-corrected chi connectivity index (χ1v) is 6.17. The van der Waals surface area contributed by atoms with Crippen LogP contribution in [0.25, 0.3) is 0 Å². The number of hydrogen-bond donors (Lipinski definition) is 1. The van der Waals surface area contributed by atoms with Crippen LogP contribution in [0.4, 0.5) is 4.39 Å². The van der Waals surface area contributed by atoms with E-state index in [1.165, 1.54) is 12.1 Å². The van der Waals surface area contributed by atoms with Crippen molar-refractivity contribution in [1.29, 1.82) is 0 Å². The van der Waals surface area contributed by atoms with Crippen LogP contribution in [0.5, 0.6) is 5.75 Å². The molecule has 0 amide bonds. The van der Waals surface area contributed by atoms with Gasteiger partial charge in [0.2, 0.25) is 0 Å². The molecule has 0 aliphatic rings. The highest BCUT2D eigenvalue weighted by Gasteiger charge is 2.03. The Kier molecular flexibility index (Phi) is 4.47. The molecule has 0 aliphatic heterocycles. The Morgan fingerprint density at radius 3 is 2.79 bits per heavy atom. The quantitative estimate of drug-likeness (QED) is 0.897. The molecule has 0 spiro atoms. The van der Waals surface area contributed by atoms with E-state index >= 15 is 0 Å². The Balaban J connectivity index is 2.05. The molecule has 0 aliphatic carbocycles. The molecule has 19 heavy (non-hydrogen) atoms. The Labute approximate surface area is 112 Å². The lowest BCUT2D eigenvalue weighted by Gasteiger charge is -2.09. The summed E-state index contributed by atoms with van der Waals surface area (Å²) in [6, 6.07) is 10.3. The van der Waals surface area contributed by atoms with Crippen LogP contribution in [0, 0.1) is 12.7 Å². The monoisotopic (exact) mass is 260 g/mol. The minimum absolute atomic E-state index is 0.294. The molecule has 2 rings (SSSR count). The van der Waals surface area contributed by atoms with Gasteiger partial charge in [0.05, 0.1) is 11.4 Å². The highest BCUT2D eigenvalue weighted by molar-refractivity contribution is 5.32. The van der Waals surface area contributed by atoms with E-state index in [4.69, 9.17) is 4.74 Å². The van der Waals surface area contributed by atoms with Gasteiger partial charge in [-0.1, -0.05) is 12.1 Å². The molecule has 0 saturated heterocycles. The summed E-state index contributed by atoms with van der Waals surface area (Å²) in [6.07, 6.45) is 0. The van der Waals surface area contributed by atoms with E-state index in [0.717, 1.165) is 17.0 Å². The second-order valence-electron chi connectivity index (χ2n) is 4.35. The van der Waals surface area contributed by atoms with E-state index < -0.39 is 0 Å². The predicted octanol–water partition coefficient (Wildman–Crippen LogP) is 2.83. The van der Waals surface area contributed by atoms with Crippen LogP contribution in [0.3, 0.4) is 0 Å². The highest BCUT2D eigenvalue weighted by Crippen LogP contribution is 2.19. The molecular formula is C15H17FN2O. The second-order valence-corrected chi connectivity index (χ2v) is 4.35. The van der Waals surface area contributed by atoms with E-state index in [0.29, 0.717) is 18.9 Å². The van der Waals surface area contributed by atoms with Crippen LogP contribution in [-0.4, -0.2) is 12.0 Å². The topological polar surface area (TPSA) is 34.1 Å². The van der Waals surface area contributed by atoms with Crippen LogP contribution in [-0.2, 0) is 13.2 Å². The van der Waals surface area contributed by atoms with E-state index in [1.54, 1.807) is 6.07 Å². The van der Waals surface area contributed by atoms with E-state index in [1.807, 2.05) is 32.2 Å². The number of ether oxygens (including phenoxy) is 1. The number of halogens is 1. The lowest BCUT2D eigenvalue weighted by atomic mass is 10.2. The van der Waals surface area contributed by atoms with Crippen molar-refractivity contribution in [2.75, 3.05) is 7.05 Å². The fourth-order valence-electron chi connectivity index (χ4n) is 1.77. The zero-order valence-electron chi connectivity index (χ0n) is 11.1. The maximum Gasteiger partial charge on any atom is 0.130 e. The zero-order chi connectivity index (χ0) is 13.7. The van der Waals surface area contributed by atoms with Crippen molar-refractivity contribution in [3.05, 3.63) is 59.2 Å². The smallest absolute Gasteiger partial charge is 0.130 e. The normalized spacial score (nSPS) is 10.5. The Hall–Kier alpha value is -1.94. The molecule has 2 aromatic rings. The molecular weight excluding hydrogens is 243 g/mol. The van der Waals surface area contributed by atoms with Gasteiger partial charge >= 0.3 is 0 Å². The average Bonchev–Trinajstić information content (AvgIpc) is 2.41. The van der Waals surface area contributed by atoms with Crippen LogP contribution in [0.1, 0.15) is 17.0 Å². The first-order chi connectivity index (χ1) is 9.19. The van der Waals surface area contributed by atoms with E-state index in [2.05, 4.69) is 10.3 Å². The van der Waals surface area contributed by atoms with Crippen LogP contribution in [0.15, 0.2) is 36.4 Å².